The zero-order valence-electron chi connectivity index (χ0n) is 6.61. The molecule has 1 unspecified atom stereocenters. The van der Waals surface area contributed by atoms with Crippen molar-refractivity contribution >= 4 is 0 Å². The molecule has 0 heterocycles. The zero-order valence-corrected chi connectivity index (χ0v) is 6.61. The molecule has 9 heavy (non-hydrogen) atoms. The predicted molar refractivity (Wildman–Crippen MR) is 39.6 cm³/mol. The second-order valence-corrected chi connectivity index (χ2v) is 2.16. The number of hydrogen-bond acceptors (Lipinski definition) is 2. The zero-order chi connectivity index (χ0) is 7.11. The first-order chi connectivity index (χ1) is 4.31. The van der Waals surface area contributed by atoms with Gasteiger partial charge in [-0.15, -0.1) is 0 Å². The Labute approximate surface area is 57.6 Å². The Morgan fingerprint density at radius 2 is 2.22 bits per heavy atom. The number of ether oxygens (including phenoxy) is 1. The maximum absolute atomic E-state index is 5.30. The number of hydrogen-bond donors (Lipinski definition) is 1. The van der Waals surface area contributed by atoms with Crippen LogP contribution in [0.4, 0.5) is 0 Å². The monoisotopic (exact) mass is 131 g/mol. The highest BCUT2D eigenvalue weighted by atomic mass is 16.5. The van der Waals surface area contributed by atoms with Crippen LogP contribution in [-0.2, 0) is 4.74 Å². The van der Waals surface area contributed by atoms with E-state index in [1.165, 1.54) is 0 Å². The van der Waals surface area contributed by atoms with Crippen molar-refractivity contribution in [3.8, 4) is 0 Å². The Hall–Kier alpha value is -0.0800. The van der Waals surface area contributed by atoms with Crippen LogP contribution in [0.2, 0.25) is 0 Å². The average Bonchev–Trinajstić information content (AvgIpc) is 1.85. The van der Waals surface area contributed by atoms with E-state index >= 15 is 0 Å². The van der Waals surface area contributed by atoms with Crippen molar-refractivity contribution in [2.75, 3.05) is 20.2 Å². The largest absolute Gasteiger partial charge is 0.379 e. The van der Waals surface area contributed by atoms with Gasteiger partial charge in [-0.1, -0.05) is 0 Å². The summed E-state index contributed by atoms with van der Waals surface area (Å²) < 4.78 is 5.30. The highest BCUT2D eigenvalue weighted by molar-refractivity contribution is 4.50. The Kier molecular flexibility index (Phi) is 5.99. The van der Waals surface area contributed by atoms with Crippen LogP contribution in [0.5, 0.6) is 0 Å². The van der Waals surface area contributed by atoms with Gasteiger partial charge < -0.3 is 10.1 Å². The van der Waals surface area contributed by atoms with Gasteiger partial charge in [0.05, 0.1) is 6.10 Å². The summed E-state index contributed by atoms with van der Waals surface area (Å²) in [5.74, 6) is 0. The standard InChI is InChI=1S/C7H17NO/c1-4-9-7(2)5-6-8-3/h7-8H,4-6H2,1-3H3. The summed E-state index contributed by atoms with van der Waals surface area (Å²) in [6.45, 7) is 5.99. The van der Waals surface area contributed by atoms with Crippen molar-refractivity contribution in [3.63, 3.8) is 0 Å². The summed E-state index contributed by atoms with van der Waals surface area (Å²) in [4.78, 5) is 0. The minimum atomic E-state index is 0.405. The highest BCUT2D eigenvalue weighted by Crippen LogP contribution is 1.93. The molecule has 0 aliphatic carbocycles. The molecule has 0 fully saturated rings. The topological polar surface area (TPSA) is 21.3 Å². The van der Waals surface area contributed by atoms with Gasteiger partial charge in [0, 0.05) is 6.61 Å². The second-order valence-electron chi connectivity index (χ2n) is 2.16. The lowest BCUT2D eigenvalue weighted by molar-refractivity contribution is 0.0708. The van der Waals surface area contributed by atoms with Gasteiger partial charge in [0.1, 0.15) is 0 Å². The van der Waals surface area contributed by atoms with Crippen LogP contribution < -0.4 is 5.32 Å². The third-order valence-electron chi connectivity index (χ3n) is 1.25. The van der Waals surface area contributed by atoms with E-state index in [2.05, 4.69) is 12.2 Å². The molecular weight excluding hydrogens is 114 g/mol. The summed E-state index contributed by atoms with van der Waals surface area (Å²) in [7, 11) is 1.96. The molecule has 0 bridgehead atoms. The quantitative estimate of drug-likeness (QED) is 0.601. The van der Waals surface area contributed by atoms with E-state index in [4.69, 9.17) is 4.74 Å². The summed E-state index contributed by atoms with van der Waals surface area (Å²) in [5, 5.41) is 3.08. The molecule has 0 aromatic carbocycles. The van der Waals surface area contributed by atoms with E-state index in [9.17, 15) is 0 Å². The van der Waals surface area contributed by atoms with Gasteiger partial charge in [-0.25, -0.2) is 0 Å². The lowest BCUT2D eigenvalue weighted by Gasteiger charge is -2.09. The summed E-state index contributed by atoms with van der Waals surface area (Å²) in [6.07, 6.45) is 1.51. The van der Waals surface area contributed by atoms with Crippen LogP contribution in [0.1, 0.15) is 20.3 Å². The lowest BCUT2D eigenvalue weighted by Crippen LogP contribution is -2.16. The molecule has 0 saturated heterocycles. The maximum atomic E-state index is 5.30. The van der Waals surface area contributed by atoms with E-state index < -0.39 is 0 Å². The first-order valence-electron chi connectivity index (χ1n) is 3.57. The van der Waals surface area contributed by atoms with Crippen molar-refractivity contribution in [2.24, 2.45) is 0 Å². The van der Waals surface area contributed by atoms with E-state index in [0.717, 1.165) is 19.6 Å². The first-order valence-corrected chi connectivity index (χ1v) is 3.57. The van der Waals surface area contributed by atoms with Gasteiger partial charge in [-0.3, -0.25) is 0 Å². The van der Waals surface area contributed by atoms with Crippen LogP contribution in [0.3, 0.4) is 0 Å². The smallest absolute Gasteiger partial charge is 0.0558 e. The summed E-state index contributed by atoms with van der Waals surface area (Å²) >= 11 is 0. The average molecular weight is 131 g/mol. The van der Waals surface area contributed by atoms with Crippen LogP contribution in [-0.4, -0.2) is 26.3 Å². The van der Waals surface area contributed by atoms with Crippen molar-refractivity contribution in [1.29, 1.82) is 0 Å². The molecule has 0 saturated carbocycles. The molecule has 2 heteroatoms. The molecule has 56 valence electrons. The molecule has 1 atom stereocenters. The molecule has 0 amide bonds. The molecular formula is C7H17NO. The minimum Gasteiger partial charge on any atom is -0.379 e. The van der Waals surface area contributed by atoms with Gasteiger partial charge in [-0.05, 0) is 33.9 Å². The van der Waals surface area contributed by atoms with E-state index in [1.807, 2.05) is 14.0 Å². The fraction of sp³-hybridized carbons (Fsp3) is 1.00. The molecule has 0 aliphatic heterocycles. The van der Waals surface area contributed by atoms with Gasteiger partial charge in [0.2, 0.25) is 0 Å². The van der Waals surface area contributed by atoms with Crippen LogP contribution in [0, 0.1) is 0 Å². The molecule has 0 aromatic rings. The predicted octanol–water partition coefficient (Wildman–Crippen LogP) is 1.02. The number of rotatable bonds is 5. The highest BCUT2D eigenvalue weighted by Gasteiger charge is 1.97. The molecule has 2 nitrogen and oxygen atoms in total. The Morgan fingerprint density at radius 1 is 1.56 bits per heavy atom. The molecule has 0 rings (SSSR count). The Balaban J connectivity index is 2.95. The van der Waals surface area contributed by atoms with Crippen LogP contribution >= 0.6 is 0 Å². The SMILES string of the molecule is CCOC(C)CCNC. The molecule has 0 spiro atoms. The van der Waals surface area contributed by atoms with Crippen molar-refractivity contribution in [3.05, 3.63) is 0 Å². The normalized spacial score (nSPS) is 13.7. The second kappa shape index (κ2) is 6.05. The molecule has 0 aliphatic rings. The fourth-order valence-corrected chi connectivity index (χ4v) is 0.715. The lowest BCUT2D eigenvalue weighted by atomic mass is 10.3. The third kappa shape index (κ3) is 5.80. The van der Waals surface area contributed by atoms with Crippen LogP contribution in [0.15, 0.2) is 0 Å². The van der Waals surface area contributed by atoms with Crippen LogP contribution in [0.25, 0.3) is 0 Å². The number of nitrogens with one attached hydrogen (secondary N) is 1. The molecule has 1 N–H and O–H groups in total. The van der Waals surface area contributed by atoms with Crippen molar-refractivity contribution < 1.29 is 4.74 Å². The fourth-order valence-electron chi connectivity index (χ4n) is 0.715. The summed E-state index contributed by atoms with van der Waals surface area (Å²) in [6, 6.07) is 0. The van der Waals surface area contributed by atoms with Crippen molar-refractivity contribution in [1.82, 2.24) is 5.32 Å². The third-order valence-corrected chi connectivity index (χ3v) is 1.25. The van der Waals surface area contributed by atoms with Crippen molar-refractivity contribution in [2.45, 2.75) is 26.4 Å². The van der Waals surface area contributed by atoms with Gasteiger partial charge in [0.15, 0.2) is 0 Å². The van der Waals surface area contributed by atoms with Gasteiger partial charge in [-0.2, -0.15) is 0 Å². The maximum Gasteiger partial charge on any atom is 0.0558 e. The Morgan fingerprint density at radius 3 is 2.67 bits per heavy atom. The summed E-state index contributed by atoms with van der Waals surface area (Å²) in [5.41, 5.74) is 0. The first kappa shape index (κ1) is 8.92. The Bertz CT molecular complexity index is 56.9. The molecule has 0 aromatic heterocycles. The van der Waals surface area contributed by atoms with E-state index in [0.29, 0.717) is 6.10 Å². The minimum absolute atomic E-state index is 0.405. The van der Waals surface area contributed by atoms with E-state index in [1.54, 1.807) is 0 Å². The van der Waals surface area contributed by atoms with Gasteiger partial charge >= 0.3 is 0 Å². The molecule has 0 radical (unpaired) electrons. The van der Waals surface area contributed by atoms with E-state index in [-0.39, 0.29) is 0 Å². The van der Waals surface area contributed by atoms with Gasteiger partial charge in [0.25, 0.3) is 0 Å².